The fourth-order valence-electron chi connectivity index (χ4n) is 7.12. The van der Waals surface area contributed by atoms with E-state index in [-0.39, 0.29) is 0 Å². The lowest BCUT2D eigenvalue weighted by Crippen LogP contribution is -2.16. The predicted octanol–water partition coefficient (Wildman–Crippen LogP) is 14.1. The molecule has 0 bridgehead atoms. The maximum atomic E-state index is 6.45. The molecule has 0 saturated heterocycles. The minimum atomic E-state index is 0.576. The lowest BCUT2D eigenvalue weighted by Gasteiger charge is -2.33. The number of fused-ring (bicyclic) bond motifs is 4. The van der Waals surface area contributed by atoms with E-state index in [4.69, 9.17) is 24.4 Å². The average Bonchev–Trinajstić information content (AvgIpc) is 3.22. The smallest absolute Gasteiger partial charge is 0.164 e. The van der Waals surface area contributed by atoms with Gasteiger partial charge in [0.05, 0.1) is 22.7 Å². The average molecular weight is 1060 g/mol. The molecule has 56 heavy (non-hydrogen) atoms. The van der Waals surface area contributed by atoms with Crippen molar-refractivity contribution >= 4 is 102 Å². The van der Waals surface area contributed by atoms with Crippen LogP contribution in [0.2, 0.25) is 0 Å². The Kier molecular flexibility index (Phi) is 9.13. The van der Waals surface area contributed by atoms with Gasteiger partial charge in [-0.05, 0) is 171 Å². The Labute approximate surface area is 364 Å². The van der Waals surface area contributed by atoms with Gasteiger partial charge in [0.15, 0.2) is 40.5 Å². The summed E-state index contributed by atoms with van der Waals surface area (Å²) >= 11 is 6.99. The monoisotopic (exact) mass is 1060 g/mol. The van der Waals surface area contributed by atoms with Crippen LogP contribution in [0.15, 0.2) is 152 Å². The zero-order valence-electron chi connectivity index (χ0n) is 29.6. The van der Waals surface area contributed by atoms with Crippen LogP contribution in [0.5, 0.6) is 23.0 Å². The summed E-state index contributed by atoms with van der Waals surface area (Å²) in [6.07, 6.45) is 0. The minimum absolute atomic E-state index is 0.576. The van der Waals surface area contributed by atoms with Gasteiger partial charge in [-0.1, -0.05) is 60.7 Å². The number of halogens is 3. The first-order valence-electron chi connectivity index (χ1n) is 17.8. The minimum Gasteiger partial charge on any atom is -0.453 e. The molecule has 0 aliphatic carbocycles. The summed E-state index contributed by atoms with van der Waals surface area (Å²) < 4.78 is 16.2. The van der Waals surface area contributed by atoms with Crippen molar-refractivity contribution in [2.24, 2.45) is 0 Å². The molecule has 0 unspecified atom stereocenters. The van der Waals surface area contributed by atoms with Gasteiger partial charge in [-0.25, -0.2) is 15.0 Å². The van der Waals surface area contributed by atoms with E-state index in [2.05, 4.69) is 206 Å². The number of rotatable bonds is 5. The molecule has 1 aromatic heterocycles. The SMILES string of the molecule is Cc1ccc2c(c1)Oc1cc(I)ccc1N2c1cccc(-c2nc(-c3ccccc3)nc(-c3cccc(N4c5ccc(I)cc5Oc5cc(I)ccc54)c3)n2)c1. The van der Waals surface area contributed by atoms with E-state index in [1.165, 1.54) is 0 Å². The van der Waals surface area contributed by atoms with Crippen LogP contribution < -0.4 is 19.3 Å². The third-order valence-corrected chi connectivity index (χ3v) is 11.7. The quantitative estimate of drug-likeness (QED) is 0.159. The highest BCUT2D eigenvalue weighted by atomic mass is 127. The van der Waals surface area contributed by atoms with Crippen molar-refractivity contribution in [1.29, 1.82) is 0 Å². The van der Waals surface area contributed by atoms with Crippen LogP contribution in [-0.4, -0.2) is 15.0 Å². The predicted molar refractivity (Wildman–Crippen MR) is 249 cm³/mol. The van der Waals surface area contributed by atoms with E-state index in [9.17, 15) is 0 Å². The molecule has 3 heterocycles. The third-order valence-electron chi connectivity index (χ3n) is 9.68. The van der Waals surface area contributed by atoms with Crippen molar-refractivity contribution in [1.82, 2.24) is 15.0 Å². The van der Waals surface area contributed by atoms with E-state index >= 15 is 0 Å². The van der Waals surface area contributed by atoms with Gasteiger partial charge >= 0.3 is 0 Å². The van der Waals surface area contributed by atoms with Gasteiger partial charge in [0.2, 0.25) is 0 Å². The van der Waals surface area contributed by atoms with Gasteiger partial charge in [0.1, 0.15) is 0 Å². The standard InChI is InChI=1S/C46H28I3N5O2/c1-27-13-17-36-40(21-27)55-41-24-31(47)14-18-37(41)53(36)34-11-5-9-29(22-34)45-50-44(28-7-3-2-4-8-28)51-46(52-45)30-10-6-12-35(23-30)54-38-19-15-32(48)25-42(38)56-43-26-33(49)16-20-39(43)54/h2-26H,1H3. The van der Waals surface area contributed by atoms with E-state index < -0.39 is 0 Å². The molecule has 0 saturated carbocycles. The Hall–Kier alpha value is -5.06. The largest absolute Gasteiger partial charge is 0.453 e. The molecule has 10 rings (SSSR count). The summed E-state index contributed by atoms with van der Waals surface area (Å²) in [5.74, 6) is 4.99. The highest BCUT2D eigenvalue weighted by Crippen LogP contribution is 2.53. The molecular weight excluding hydrogens is 1040 g/mol. The fraction of sp³-hybridized carbons (Fsp3) is 0.0217. The van der Waals surface area contributed by atoms with Gasteiger partial charge in [-0.2, -0.15) is 0 Å². The van der Waals surface area contributed by atoms with Crippen LogP contribution in [-0.2, 0) is 0 Å². The highest BCUT2D eigenvalue weighted by Gasteiger charge is 2.28. The summed E-state index contributed by atoms with van der Waals surface area (Å²) in [6, 6.07) is 52.0. The highest BCUT2D eigenvalue weighted by molar-refractivity contribution is 14.1. The molecule has 7 aromatic carbocycles. The molecule has 2 aliphatic heterocycles. The number of ether oxygens (including phenoxy) is 2. The lowest BCUT2D eigenvalue weighted by atomic mass is 10.1. The Morgan fingerprint density at radius 1 is 0.393 bits per heavy atom. The van der Waals surface area contributed by atoms with Gasteiger partial charge in [-0.3, -0.25) is 0 Å². The van der Waals surface area contributed by atoms with Gasteiger partial charge in [0, 0.05) is 38.8 Å². The third kappa shape index (κ3) is 6.56. The Bertz CT molecular complexity index is 2580. The first kappa shape index (κ1) is 35.4. The topological polar surface area (TPSA) is 63.6 Å². The maximum absolute atomic E-state index is 6.45. The van der Waals surface area contributed by atoms with Crippen LogP contribution in [0.25, 0.3) is 34.2 Å². The van der Waals surface area contributed by atoms with E-state index in [1.54, 1.807) is 0 Å². The van der Waals surface area contributed by atoms with Gasteiger partial charge in [-0.15, -0.1) is 0 Å². The number of benzene rings is 7. The van der Waals surface area contributed by atoms with Crippen molar-refractivity contribution < 1.29 is 9.47 Å². The molecule has 270 valence electrons. The second-order valence-electron chi connectivity index (χ2n) is 13.5. The summed E-state index contributed by atoms with van der Waals surface area (Å²) in [5.41, 5.74) is 9.57. The lowest BCUT2D eigenvalue weighted by molar-refractivity contribution is 0.476. The maximum Gasteiger partial charge on any atom is 0.164 e. The number of anilines is 6. The van der Waals surface area contributed by atoms with Crippen LogP contribution in [0, 0.1) is 17.6 Å². The summed E-state index contributed by atoms with van der Waals surface area (Å²) in [7, 11) is 0. The normalized spacial score (nSPS) is 12.5. The molecule has 0 fully saturated rings. The van der Waals surface area contributed by atoms with Crippen molar-refractivity contribution in [2.45, 2.75) is 6.92 Å². The molecular formula is C46H28I3N5O2. The molecule has 0 atom stereocenters. The second kappa shape index (κ2) is 14.5. The van der Waals surface area contributed by atoms with Crippen molar-refractivity contribution in [3.63, 3.8) is 0 Å². The summed E-state index contributed by atoms with van der Waals surface area (Å²) in [4.78, 5) is 19.9. The molecule has 10 heteroatoms. The van der Waals surface area contributed by atoms with E-state index in [0.717, 1.165) is 90.1 Å². The zero-order chi connectivity index (χ0) is 37.9. The van der Waals surface area contributed by atoms with Gasteiger partial charge < -0.3 is 19.3 Å². The number of hydrogen-bond donors (Lipinski definition) is 0. The van der Waals surface area contributed by atoms with E-state index in [1.807, 2.05) is 30.3 Å². The number of aromatic nitrogens is 3. The molecule has 0 radical (unpaired) electrons. The zero-order valence-corrected chi connectivity index (χ0v) is 36.1. The Morgan fingerprint density at radius 2 is 0.786 bits per heavy atom. The number of aryl methyl sites for hydroxylation is 1. The molecule has 0 amide bonds. The first-order valence-corrected chi connectivity index (χ1v) is 21.1. The number of hydrogen-bond acceptors (Lipinski definition) is 7. The van der Waals surface area contributed by atoms with Crippen molar-refractivity contribution in [3.8, 4) is 57.2 Å². The Morgan fingerprint density at radius 3 is 1.25 bits per heavy atom. The fourth-order valence-corrected chi connectivity index (χ4v) is 8.51. The van der Waals surface area contributed by atoms with E-state index in [0.29, 0.717) is 17.5 Å². The van der Waals surface area contributed by atoms with Crippen molar-refractivity contribution in [2.75, 3.05) is 9.80 Å². The Balaban J connectivity index is 1.11. The molecule has 7 nitrogen and oxygen atoms in total. The van der Waals surface area contributed by atoms with Crippen LogP contribution >= 0.6 is 67.8 Å². The van der Waals surface area contributed by atoms with Crippen LogP contribution in [0.1, 0.15) is 5.56 Å². The van der Waals surface area contributed by atoms with Crippen LogP contribution in [0.4, 0.5) is 34.1 Å². The van der Waals surface area contributed by atoms with Crippen LogP contribution in [0.3, 0.4) is 0 Å². The molecule has 0 spiro atoms. The first-order chi connectivity index (χ1) is 27.3. The van der Waals surface area contributed by atoms with Gasteiger partial charge in [0.25, 0.3) is 0 Å². The van der Waals surface area contributed by atoms with Crippen molar-refractivity contribution in [3.05, 3.63) is 168 Å². The molecule has 2 aliphatic rings. The second-order valence-corrected chi connectivity index (χ2v) is 17.2. The summed E-state index contributed by atoms with van der Waals surface area (Å²) in [6.45, 7) is 2.08. The molecule has 8 aromatic rings. The molecule has 0 N–H and O–H groups in total. The number of nitrogens with zero attached hydrogens (tertiary/aromatic N) is 5. The summed E-state index contributed by atoms with van der Waals surface area (Å²) in [5, 5.41) is 0.